The van der Waals surface area contributed by atoms with Crippen LogP contribution in [0.3, 0.4) is 0 Å². The number of nitrogens with zero attached hydrogens (tertiary/aromatic N) is 2. The third-order valence-electron chi connectivity index (χ3n) is 6.36. The van der Waals surface area contributed by atoms with Gasteiger partial charge in [0.05, 0.1) is 18.6 Å². The fraction of sp³-hybridized carbons (Fsp3) is 0.500. The summed E-state index contributed by atoms with van der Waals surface area (Å²) in [5.74, 6) is -0.116. The van der Waals surface area contributed by atoms with Crippen molar-refractivity contribution in [1.29, 1.82) is 0 Å². The molecule has 0 heterocycles. The van der Waals surface area contributed by atoms with Crippen LogP contribution in [-0.4, -0.2) is 56.6 Å². The number of carbonyl (C=O) groups is 2. The lowest BCUT2D eigenvalue weighted by Crippen LogP contribution is -2.50. The van der Waals surface area contributed by atoms with E-state index >= 15 is 0 Å². The number of nitrogens with one attached hydrogen (secondary N) is 1. The number of anilines is 1. The average Bonchev–Trinajstić information content (AvgIpc) is 2.88. The zero-order valence-corrected chi connectivity index (χ0v) is 25.6. The molecule has 0 saturated carbocycles. The Kier molecular flexibility index (Phi) is 12.9. The van der Waals surface area contributed by atoms with Gasteiger partial charge in [0.2, 0.25) is 21.8 Å². The van der Waals surface area contributed by atoms with Gasteiger partial charge in [-0.2, -0.15) is 0 Å². The summed E-state index contributed by atoms with van der Waals surface area (Å²) in [5.41, 5.74) is 0.959. The number of ether oxygens (including phenoxy) is 1. The van der Waals surface area contributed by atoms with Gasteiger partial charge in [-0.05, 0) is 57.4 Å². The minimum Gasteiger partial charge on any atom is -0.492 e. The zero-order chi connectivity index (χ0) is 29.2. The van der Waals surface area contributed by atoms with E-state index in [2.05, 4.69) is 5.32 Å². The van der Waals surface area contributed by atoms with Crippen LogP contribution in [-0.2, 0) is 26.2 Å². The van der Waals surface area contributed by atoms with Crippen LogP contribution in [0.25, 0.3) is 0 Å². The van der Waals surface area contributed by atoms with Crippen molar-refractivity contribution in [3.05, 3.63) is 58.1 Å². The molecule has 216 valence electrons. The zero-order valence-electron chi connectivity index (χ0n) is 23.2. The van der Waals surface area contributed by atoms with Crippen LogP contribution in [0.15, 0.2) is 42.5 Å². The lowest BCUT2D eigenvalue weighted by atomic mass is 10.1. The lowest BCUT2D eigenvalue weighted by molar-refractivity contribution is -0.141. The number of benzene rings is 2. The SMILES string of the molecule is CCOc1ccccc1N(CCCC(=O)N(Cc1c(Cl)cccc1Cl)C(CC)C(=O)NC(C)CC)S(C)(=O)=O. The van der Waals surface area contributed by atoms with Crippen molar-refractivity contribution >= 4 is 50.7 Å². The summed E-state index contributed by atoms with van der Waals surface area (Å²) in [4.78, 5) is 28.3. The number of carbonyl (C=O) groups excluding carboxylic acids is 2. The largest absolute Gasteiger partial charge is 0.492 e. The van der Waals surface area contributed by atoms with E-state index in [9.17, 15) is 18.0 Å². The van der Waals surface area contributed by atoms with Crippen LogP contribution in [0.5, 0.6) is 5.75 Å². The molecular weight excluding hydrogens is 561 g/mol. The van der Waals surface area contributed by atoms with E-state index in [0.29, 0.717) is 40.1 Å². The number of para-hydroxylation sites is 2. The average molecular weight is 601 g/mol. The molecule has 2 rings (SSSR count). The highest BCUT2D eigenvalue weighted by Gasteiger charge is 2.30. The summed E-state index contributed by atoms with van der Waals surface area (Å²) in [6.07, 6.45) is 2.49. The molecular formula is C28H39Cl2N3O5S. The standard InChI is InChI=1S/C28H39Cl2N3O5S/c1-6-20(4)31-28(35)24(7-2)32(19-21-22(29)13-11-14-23(21)30)27(34)17-12-18-33(39(5,36)37)25-15-9-10-16-26(25)38-8-3/h9-11,13-16,20,24H,6-8,12,17-19H2,1-5H3,(H,31,35). The Morgan fingerprint density at radius 1 is 1.00 bits per heavy atom. The van der Waals surface area contributed by atoms with E-state index in [-0.39, 0.29) is 43.8 Å². The first-order chi connectivity index (χ1) is 18.4. The van der Waals surface area contributed by atoms with Gasteiger partial charge in [-0.1, -0.05) is 55.2 Å². The quantitative estimate of drug-likeness (QED) is 0.285. The molecule has 2 aromatic rings. The van der Waals surface area contributed by atoms with Gasteiger partial charge in [-0.25, -0.2) is 8.42 Å². The van der Waals surface area contributed by atoms with Crippen molar-refractivity contribution in [3.63, 3.8) is 0 Å². The monoisotopic (exact) mass is 599 g/mol. The van der Waals surface area contributed by atoms with Gasteiger partial charge < -0.3 is 15.0 Å². The molecule has 0 fully saturated rings. The maximum Gasteiger partial charge on any atom is 0.243 e. The van der Waals surface area contributed by atoms with E-state index in [1.807, 2.05) is 27.7 Å². The molecule has 11 heteroatoms. The second-order valence-corrected chi connectivity index (χ2v) is 12.0. The summed E-state index contributed by atoms with van der Waals surface area (Å²) in [7, 11) is -3.66. The number of rotatable bonds is 15. The smallest absolute Gasteiger partial charge is 0.243 e. The number of halogens is 2. The first-order valence-corrected chi connectivity index (χ1v) is 15.8. The van der Waals surface area contributed by atoms with E-state index < -0.39 is 16.1 Å². The molecule has 0 radical (unpaired) electrons. The minimum absolute atomic E-state index is 0.0119. The van der Waals surface area contributed by atoms with Crippen LogP contribution in [0.1, 0.15) is 58.9 Å². The van der Waals surface area contributed by atoms with Crippen molar-refractivity contribution < 1.29 is 22.7 Å². The van der Waals surface area contributed by atoms with Crippen LogP contribution in [0.4, 0.5) is 5.69 Å². The Morgan fingerprint density at radius 3 is 2.21 bits per heavy atom. The molecule has 2 atom stereocenters. The second kappa shape index (κ2) is 15.3. The predicted octanol–water partition coefficient (Wildman–Crippen LogP) is 5.66. The Labute approximate surface area is 242 Å². The number of amides is 2. The Hall–Kier alpha value is -2.49. The lowest BCUT2D eigenvalue weighted by Gasteiger charge is -2.32. The van der Waals surface area contributed by atoms with E-state index in [1.165, 1.54) is 9.21 Å². The van der Waals surface area contributed by atoms with Gasteiger partial charge in [-0.3, -0.25) is 13.9 Å². The summed E-state index contributed by atoms with van der Waals surface area (Å²) in [5, 5.41) is 3.76. The highest BCUT2D eigenvalue weighted by Crippen LogP contribution is 2.31. The van der Waals surface area contributed by atoms with Crippen molar-refractivity contribution in [1.82, 2.24) is 10.2 Å². The van der Waals surface area contributed by atoms with Crippen molar-refractivity contribution in [2.75, 3.05) is 23.7 Å². The van der Waals surface area contributed by atoms with Gasteiger partial charge in [0.25, 0.3) is 0 Å². The second-order valence-electron chi connectivity index (χ2n) is 9.30. The molecule has 0 aliphatic rings. The van der Waals surface area contributed by atoms with E-state index in [0.717, 1.165) is 12.7 Å². The Morgan fingerprint density at radius 2 is 1.64 bits per heavy atom. The highest BCUT2D eigenvalue weighted by molar-refractivity contribution is 7.92. The first-order valence-electron chi connectivity index (χ1n) is 13.2. The third-order valence-corrected chi connectivity index (χ3v) is 8.25. The molecule has 2 unspecified atom stereocenters. The van der Waals surface area contributed by atoms with E-state index in [1.54, 1.807) is 42.5 Å². The topological polar surface area (TPSA) is 96.0 Å². The molecule has 1 N–H and O–H groups in total. The summed E-state index contributed by atoms with van der Waals surface area (Å²) in [6.45, 7) is 8.02. The van der Waals surface area contributed by atoms with Crippen LogP contribution in [0.2, 0.25) is 10.0 Å². The maximum absolute atomic E-state index is 13.6. The number of sulfonamides is 1. The van der Waals surface area contributed by atoms with Crippen molar-refractivity contribution in [3.8, 4) is 5.75 Å². The molecule has 0 saturated heterocycles. The summed E-state index contributed by atoms with van der Waals surface area (Å²) in [6, 6.07) is 11.2. The molecule has 0 aliphatic heterocycles. The number of hydrogen-bond acceptors (Lipinski definition) is 5. The molecule has 0 aromatic heterocycles. The van der Waals surface area contributed by atoms with Crippen molar-refractivity contribution in [2.45, 2.75) is 72.0 Å². The molecule has 2 amide bonds. The van der Waals surface area contributed by atoms with Crippen LogP contribution in [0, 0.1) is 0 Å². The maximum atomic E-state index is 13.6. The molecule has 39 heavy (non-hydrogen) atoms. The van der Waals surface area contributed by atoms with Gasteiger partial charge in [-0.15, -0.1) is 0 Å². The molecule has 0 spiro atoms. The molecule has 2 aromatic carbocycles. The number of hydrogen-bond donors (Lipinski definition) is 1. The highest BCUT2D eigenvalue weighted by atomic mass is 35.5. The summed E-state index contributed by atoms with van der Waals surface area (Å²) < 4.78 is 32.2. The van der Waals surface area contributed by atoms with Crippen LogP contribution >= 0.6 is 23.2 Å². The van der Waals surface area contributed by atoms with Crippen LogP contribution < -0.4 is 14.4 Å². The minimum atomic E-state index is -3.66. The summed E-state index contributed by atoms with van der Waals surface area (Å²) >= 11 is 12.8. The van der Waals surface area contributed by atoms with Gasteiger partial charge in [0.1, 0.15) is 11.8 Å². The van der Waals surface area contributed by atoms with Gasteiger partial charge >= 0.3 is 0 Å². The first kappa shape index (κ1) is 32.7. The van der Waals surface area contributed by atoms with Gasteiger partial charge in [0.15, 0.2) is 0 Å². The Balaban J connectivity index is 2.31. The molecule has 0 bridgehead atoms. The van der Waals surface area contributed by atoms with Gasteiger partial charge in [0, 0.05) is 41.2 Å². The molecule has 8 nitrogen and oxygen atoms in total. The fourth-order valence-corrected chi connectivity index (χ4v) is 5.62. The van der Waals surface area contributed by atoms with E-state index in [4.69, 9.17) is 27.9 Å². The Bertz CT molecular complexity index is 1210. The predicted molar refractivity (Wildman–Crippen MR) is 158 cm³/mol. The third kappa shape index (κ3) is 9.29. The fourth-order valence-electron chi connectivity index (χ4n) is 4.14. The molecule has 0 aliphatic carbocycles. The van der Waals surface area contributed by atoms with Crippen molar-refractivity contribution in [2.24, 2.45) is 0 Å². The normalized spacial score (nSPS) is 12.9.